The van der Waals surface area contributed by atoms with Crippen LogP contribution >= 0.6 is 0 Å². The van der Waals surface area contributed by atoms with Crippen LogP contribution in [-0.4, -0.2) is 15.7 Å². The molecule has 0 spiro atoms. The van der Waals surface area contributed by atoms with Crippen molar-refractivity contribution in [2.45, 2.75) is 51.6 Å². The van der Waals surface area contributed by atoms with E-state index < -0.39 is 28.0 Å². The molecule has 1 unspecified atom stereocenters. The highest BCUT2D eigenvalue weighted by Gasteiger charge is 2.42. The molecule has 26 heavy (non-hydrogen) atoms. The Kier molecular flexibility index (Phi) is 6.49. The highest BCUT2D eigenvalue weighted by Crippen LogP contribution is 2.43. The first-order valence-electron chi connectivity index (χ1n) is 8.18. The molecule has 1 aromatic rings. The fourth-order valence-electron chi connectivity index (χ4n) is 2.87. The van der Waals surface area contributed by atoms with Crippen molar-refractivity contribution in [3.8, 4) is 0 Å². The first-order valence-corrected chi connectivity index (χ1v) is 9.26. The van der Waals surface area contributed by atoms with Crippen molar-refractivity contribution in [2.75, 3.05) is 0 Å². The Hall–Kier alpha value is -1.83. The van der Waals surface area contributed by atoms with Crippen LogP contribution in [0.3, 0.4) is 0 Å². The Balaban J connectivity index is 2.11. The quantitative estimate of drug-likeness (QED) is 0.656. The highest BCUT2D eigenvalue weighted by atomic mass is 32.2. The van der Waals surface area contributed by atoms with Gasteiger partial charge in [-0.3, -0.25) is 4.79 Å². The number of allylic oxidation sites excluding steroid dienone is 1. The molecule has 0 radical (unpaired) electrons. The topological polar surface area (TPSA) is 52.6 Å². The molecule has 0 aromatic heterocycles. The Bertz CT molecular complexity index is 696. The van der Waals surface area contributed by atoms with Gasteiger partial charge in [-0.15, -0.1) is 0 Å². The predicted molar refractivity (Wildman–Crippen MR) is 90.8 cm³/mol. The van der Waals surface area contributed by atoms with E-state index in [1.165, 1.54) is 0 Å². The molecule has 0 saturated heterocycles. The molecule has 1 aromatic carbocycles. The lowest BCUT2D eigenvalue weighted by atomic mass is 9.73. The normalized spacial score (nSPS) is 18.3. The third kappa shape index (κ3) is 5.59. The van der Waals surface area contributed by atoms with Gasteiger partial charge in [0.1, 0.15) is 12.4 Å². The third-order valence-corrected chi connectivity index (χ3v) is 5.02. The van der Waals surface area contributed by atoms with E-state index in [-0.39, 0.29) is 25.2 Å². The van der Waals surface area contributed by atoms with Gasteiger partial charge in [0.15, 0.2) is 0 Å². The van der Waals surface area contributed by atoms with Crippen LogP contribution < -0.4 is 0 Å². The van der Waals surface area contributed by atoms with Gasteiger partial charge in [0.05, 0.1) is 6.42 Å². The van der Waals surface area contributed by atoms with Crippen LogP contribution in [0.5, 0.6) is 0 Å². The van der Waals surface area contributed by atoms with E-state index in [1.54, 1.807) is 12.1 Å². The van der Waals surface area contributed by atoms with Gasteiger partial charge in [-0.1, -0.05) is 44.2 Å². The number of carbonyl (C=O) groups excluding carboxylic acids is 1. The van der Waals surface area contributed by atoms with Crippen LogP contribution in [0.25, 0.3) is 0 Å². The molecule has 0 fully saturated rings. The second-order valence-corrected chi connectivity index (χ2v) is 7.83. The maximum Gasteiger partial charge on any atom is 0.508 e. The number of alkyl halides is 3. The number of ether oxygens (including phenoxy) is 1. The molecule has 0 N–H and O–H groups in total. The largest absolute Gasteiger partial charge is 0.508 e. The van der Waals surface area contributed by atoms with Crippen molar-refractivity contribution in [1.82, 2.24) is 0 Å². The van der Waals surface area contributed by atoms with Crippen molar-refractivity contribution in [3.63, 3.8) is 0 Å². The SMILES string of the molecule is CC1(C)CCCC(OS(=O)C(F)(F)F)=C1CC(=O)OCc1ccccc1. The van der Waals surface area contributed by atoms with Crippen LogP contribution in [0.1, 0.15) is 45.1 Å². The first-order chi connectivity index (χ1) is 12.1. The standard InChI is InChI=1S/C18H21F3O4S/c1-17(2)10-6-9-15(25-26(23)18(19,20)21)14(17)11-16(22)24-12-13-7-4-3-5-8-13/h3-5,7-8H,6,9-12H2,1-2H3. The van der Waals surface area contributed by atoms with Gasteiger partial charge in [-0.05, 0) is 29.4 Å². The second-order valence-electron chi connectivity index (χ2n) is 6.73. The zero-order chi connectivity index (χ0) is 19.4. The van der Waals surface area contributed by atoms with Gasteiger partial charge in [-0.25, -0.2) is 4.21 Å². The smallest absolute Gasteiger partial charge is 0.461 e. The molecule has 0 heterocycles. The molecular weight excluding hydrogens is 369 g/mol. The minimum Gasteiger partial charge on any atom is -0.461 e. The van der Waals surface area contributed by atoms with E-state index in [4.69, 9.17) is 4.74 Å². The minimum atomic E-state index is -4.96. The Labute approximate surface area is 153 Å². The summed E-state index contributed by atoms with van der Waals surface area (Å²) in [6, 6.07) is 9.07. The van der Waals surface area contributed by atoms with Crippen molar-refractivity contribution in [2.24, 2.45) is 5.41 Å². The van der Waals surface area contributed by atoms with E-state index in [2.05, 4.69) is 4.18 Å². The molecule has 1 aliphatic rings. The maximum absolute atomic E-state index is 12.6. The monoisotopic (exact) mass is 390 g/mol. The summed E-state index contributed by atoms with van der Waals surface area (Å²) in [5.74, 6) is -0.578. The van der Waals surface area contributed by atoms with Gasteiger partial charge in [0, 0.05) is 6.42 Å². The summed E-state index contributed by atoms with van der Waals surface area (Å²) in [7, 11) is 0. The number of carbonyl (C=O) groups is 1. The summed E-state index contributed by atoms with van der Waals surface area (Å²) in [5.41, 5.74) is -4.27. The molecule has 4 nitrogen and oxygen atoms in total. The zero-order valence-electron chi connectivity index (χ0n) is 14.6. The first kappa shape index (κ1) is 20.5. The number of hydrogen-bond donors (Lipinski definition) is 0. The lowest BCUT2D eigenvalue weighted by Crippen LogP contribution is -2.27. The van der Waals surface area contributed by atoms with E-state index in [0.29, 0.717) is 18.4 Å². The molecule has 0 bridgehead atoms. The summed E-state index contributed by atoms with van der Waals surface area (Å²) in [6.45, 7) is 3.73. The van der Waals surface area contributed by atoms with Crippen molar-refractivity contribution in [1.29, 1.82) is 0 Å². The molecule has 0 saturated carbocycles. The van der Waals surface area contributed by atoms with Crippen LogP contribution in [0.2, 0.25) is 0 Å². The van der Waals surface area contributed by atoms with Crippen molar-refractivity contribution in [3.05, 3.63) is 47.2 Å². The summed E-state index contributed by atoms with van der Waals surface area (Å²) in [5, 5.41) is 0. The number of rotatable bonds is 6. The predicted octanol–water partition coefficient (Wildman–Crippen LogP) is 4.78. The zero-order valence-corrected chi connectivity index (χ0v) is 15.4. The lowest BCUT2D eigenvalue weighted by Gasteiger charge is -2.34. The average Bonchev–Trinajstić information content (AvgIpc) is 2.56. The third-order valence-electron chi connectivity index (χ3n) is 4.29. The van der Waals surface area contributed by atoms with Crippen LogP contribution in [0, 0.1) is 5.41 Å². The van der Waals surface area contributed by atoms with Crippen LogP contribution in [0.4, 0.5) is 13.2 Å². The summed E-state index contributed by atoms with van der Waals surface area (Å²) in [4.78, 5) is 12.2. The fraction of sp³-hybridized carbons (Fsp3) is 0.500. The second kappa shape index (κ2) is 8.24. The number of benzene rings is 1. The highest BCUT2D eigenvalue weighted by molar-refractivity contribution is 7.81. The number of hydrogen-bond acceptors (Lipinski definition) is 4. The molecule has 8 heteroatoms. The summed E-state index contributed by atoms with van der Waals surface area (Å²) >= 11 is -3.45. The Morgan fingerprint density at radius 3 is 2.50 bits per heavy atom. The minimum absolute atomic E-state index is 0.0198. The fourth-order valence-corrected chi connectivity index (χ4v) is 3.33. The van der Waals surface area contributed by atoms with Gasteiger partial charge >= 0.3 is 22.6 Å². The van der Waals surface area contributed by atoms with E-state index in [0.717, 1.165) is 5.56 Å². The van der Waals surface area contributed by atoms with E-state index >= 15 is 0 Å². The van der Waals surface area contributed by atoms with Crippen molar-refractivity contribution >= 4 is 17.0 Å². The molecule has 2 rings (SSSR count). The lowest BCUT2D eigenvalue weighted by molar-refractivity contribution is -0.144. The number of halogens is 3. The molecule has 1 aliphatic carbocycles. The van der Waals surface area contributed by atoms with E-state index in [9.17, 15) is 22.2 Å². The van der Waals surface area contributed by atoms with E-state index in [1.807, 2.05) is 32.0 Å². The van der Waals surface area contributed by atoms with Gasteiger partial charge in [0.25, 0.3) is 0 Å². The molecule has 144 valence electrons. The van der Waals surface area contributed by atoms with Crippen LogP contribution in [0.15, 0.2) is 41.7 Å². The number of esters is 1. The Morgan fingerprint density at radius 2 is 1.88 bits per heavy atom. The summed E-state index contributed by atoms with van der Waals surface area (Å²) in [6.07, 6.45) is 1.32. The van der Waals surface area contributed by atoms with Crippen molar-refractivity contribution < 1.29 is 31.1 Å². The molecule has 0 amide bonds. The van der Waals surface area contributed by atoms with Crippen LogP contribution in [-0.2, 0) is 31.4 Å². The molecule has 0 aliphatic heterocycles. The van der Waals surface area contributed by atoms with Gasteiger partial charge in [0.2, 0.25) is 0 Å². The van der Waals surface area contributed by atoms with Gasteiger partial charge in [-0.2, -0.15) is 13.2 Å². The average molecular weight is 390 g/mol. The maximum atomic E-state index is 12.6. The molecule has 1 atom stereocenters. The Morgan fingerprint density at radius 1 is 1.23 bits per heavy atom. The molecular formula is C18H21F3O4S. The summed E-state index contributed by atoms with van der Waals surface area (Å²) < 4.78 is 58.9. The van der Waals surface area contributed by atoms with Gasteiger partial charge < -0.3 is 8.92 Å².